The number of halogens is 3. The van der Waals surface area contributed by atoms with Crippen LogP contribution in [-0.4, -0.2) is 0 Å². The highest BCUT2D eigenvalue weighted by molar-refractivity contribution is 6.04. The van der Waals surface area contributed by atoms with Crippen molar-refractivity contribution in [3.05, 3.63) is 143 Å². The Morgan fingerprint density at radius 3 is 1.35 bits per heavy atom. The van der Waals surface area contributed by atoms with Crippen LogP contribution < -0.4 is 0 Å². The van der Waals surface area contributed by atoms with Gasteiger partial charge in [0.05, 0.1) is 0 Å². The van der Waals surface area contributed by atoms with Gasteiger partial charge in [0.25, 0.3) is 0 Å². The molecule has 0 amide bonds. The Kier molecular flexibility index (Phi) is 6.01. The third-order valence-corrected chi connectivity index (χ3v) is 4.75. The highest BCUT2D eigenvalue weighted by Gasteiger charge is 2.14. The fourth-order valence-electron chi connectivity index (χ4n) is 3.24. The molecule has 150 valence electrons. The Labute approximate surface area is 179 Å². The molecule has 0 fully saturated rings. The Hall–Kier alpha value is -4.03. The second-order valence-corrected chi connectivity index (χ2v) is 6.89. The third kappa shape index (κ3) is 4.94. The van der Waals surface area contributed by atoms with E-state index in [0.29, 0.717) is 16.7 Å². The summed E-state index contributed by atoms with van der Waals surface area (Å²) in [6, 6.07) is 27.6. The Morgan fingerprint density at radius 1 is 0.484 bits per heavy atom. The number of hydrogen-bond acceptors (Lipinski definition) is 0. The molecule has 0 aliphatic carbocycles. The number of benzene rings is 4. The van der Waals surface area contributed by atoms with Gasteiger partial charge < -0.3 is 0 Å². The van der Waals surface area contributed by atoms with Crippen LogP contribution in [0.1, 0.15) is 22.3 Å². The van der Waals surface area contributed by atoms with Crippen LogP contribution in [-0.2, 0) is 0 Å². The van der Waals surface area contributed by atoms with Crippen LogP contribution in [0.3, 0.4) is 0 Å². The molecule has 0 saturated heterocycles. The van der Waals surface area contributed by atoms with E-state index in [-0.39, 0.29) is 17.5 Å². The summed E-state index contributed by atoms with van der Waals surface area (Å²) < 4.78 is 40.8. The first kappa shape index (κ1) is 20.3. The summed E-state index contributed by atoms with van der Waals surface area (Å²) in [5.41, 5.74) is 4.29. The zero-order valence-electron chi connectivity index (χ0n) is 16.4. The molecular weight excluding hydrogens is 393 g/mol. The van der Waals surface area contributed by atoms with Crippen molar-refractivity contribution in [2.24, 2.45) is 0 Å². The van der Waals surface area contributed by atoms with Crippen LogP contribution in [0.4, 0.5) is 13.2 Å². The fraction of sp³-hybridized carbons (Fsp3) is 0. The number of allylic oxidation sites excluding steroid dienone is 1. The Bertz CT molecular complexity index is 1210. The zero-order valence-corrected chi connectivity index (χ0v) is 16.4. The molecule has 31 heavy (non-hydrogen) atoms. The standard InChI is InChI=1S/C28H17F3/c29-24-13-7-21(8-14-24)27(19-6-20-4-2-1-3-5-20)28(22-9-15-25(30)16-10-22)23-11-17-26(31)18-12-23/h1-5,7-18H. The second-order valence-electron chi connectivity index (χ2n) is 6.89. The van der Waals surface area contributed by atoms with E-state index in [2.05, 4.69) is 11.8 Å². The molecule has 4 rings (SSSR count). The normalized spacial score (nSPS) is 10.2. The van der Waals surface area contributed by atoms with Crippen molar-refractivity contribution in [1.82, 2.24) is 0 Å². The van der Waals surface area contributed by atoms with E-state index in [1.807, 2.05) is 30.3 Å². The van der Waals surface area contributed by atoms with Gasteiger partial charge in [-0.15, -0.1) is 0 Å². The molecule has 0 unspecified atom stereocenters. The monoisotopic (exact) mass is 410 g/mol. The number of rotatable bonds is 3. The van der Waals surface area contributed by atoms with Crippen LogP contribution in [0.25, 0.3) is 11.1 Å². The number of hydrogen-bond donors (Lipinski definition) is 0. The maximum absolute atomic E-state index is 13.6. The lowest BCUT2D eigenvalue weighted by Crippen LogP contribution is -1.95. The summed E-state index contributed by atoms with van der Waals surface area (Å²) in [7, 11) is 0. The van der Waals surface area contributed by atoms with Gasteiger partial charge >= 0.3 is 0 Å². The molecule has 0 aliphatic rings. The van der Waals surface area contributed by atoms with E-state index in [4.69, 9.17) is 0 Å². The van der Waals surface area contributed by atoms with E-state index < -0.39 is 0 Å². The van der Waals surface area contributed by atoms with Crippen molar-refractivity contribution < 1.29 is 13.2 Å². The van der Waals surface area contributed by atoms with Gasteiger partial charge in [0.1, 0.15) is 17.5 Å². The molecule has 0 bridgehead atoms. The molecular formula is C28H17F3. The van der Waals surface area contributed by atoms with Gasteiger partial charge in [-0.05, 0) is 65.2 Å². The van der Waals surface area contributed by atoms with Crippen LogP contribution in [0.5, 0.6) is 0 Å². The quantitative estimate of drug-likeness (QED) is 0.249. The molecule has 0 aliphatic heterocycles. The Morgan fingerprint density at radius 2 is 0.903 bits per heavy atom. The van der Waals surface area contributed by atoms with Gasteiger partial charge in [-0.1, -0.05) is 66.4 Å². The largest absolute Gasteiger partial charge is 0.207 e. The summed E-state index contributed by atoms with van der Waals surface area (Å²) in [6.07, 6.45) is 0. The highest BCUT2D eigenvalue weighted by atomic mass is 19.1. The molecule has 0 nitrogen and oxygen atoms in total. The molecule has 0 aromatic heterocycles. The van der Waals surface area contributed by atoms with E-state index >= 15 is 0 Å². The molecule has 0 heterocycles. The lowest BCUT2D eigenvalue weighted by atomic mass is 9.89. The fourth-order valence-corrected chi connectivity index (χ4v) is 3.24. The van der Waals surface area contributed by atoms with Crippen molar-refractivity contribution in [1.29, 1.82) is 0 Å². The summed E-state index contributed by atoms with van der Waals surface area (Å²) in [4.78, 5) is 0. The SMILES string of the molecule is Fc1ccc(C(C#Cc2ccccc2)=C(c2ccc(F)cc2)c2ccc(F)cc2)cc1. The summed E-state index contributed by atoms with van der Waals surface area (Å²) in [6.45, 7) is 0. The Balaban J connectivity index is 2.01. The van der Waals surface area contributed by atoms with E-state index in [9.17, 15) is 13.2 Å². The first-order chi connectivity index (χ1) is 15.1. The van der Waals surface area contributed by atoms with Gasteiger partial charge in [-0.2, -0.15) is 0 Å². The third-order valence-electron chi connectivity index (χ3n) is 4.75. The van der Waals surface area contributed by atoms with E-state index in [0.717, 1.165) is 16.7 Å². The average Bonchev–Trinajstić information content (AvgIpc) is 2.80. The van der Waals surface area contributed by atoms with E-state index in [1.165, 1.54) is 36.4 Å². The molecule has 4 aromatic rings. The minimum atomic E-state index is -0.360. The summed E-state index contributed by atoms with van der Waals surface area (Å²) >= 11 is 0. The molecule has 0 spiro atoms. The van der Waals surface area contributed by atoms with Crippen molar-refractivity contribution in [3.63, 3.8) is 0 Å². The van der Waals surface area contributed by atoms with Gasteiger partial charge in [0.15, 0.2) is 0 Å². The van der Waals surface area contributed by atoms with Gasteiger partial charge in [-0.3, -0.25) is 0 Å². The van der Waals surface area contributed by atoms with E-state index in [1.54, 1.807) is 36.4 Å². The van der Waals surface area contributed by atoms with Crippen LogP contribution in [0.15, 0.2) is 103 Å². The predicted octanol–water partition coefficient (Wildman–Crippen LogP) is 7.11. The maximum Gasteiger partial charge on any atom is 0.123 e. The maximum atomic E-state index is 13.6. The molecule has 4 aromatic carbocycles. The first-order valence-electron chi connectivity index (χ1n) is 9.69. The summed E-state index contributed by atoms with van der Waals surface area (Å²) in [5.74, 6) is 5.29. The molecule has 3 heteroatoms. The van der Waals surface area contributed by atoms with Crippen molar-refractivity contribution in [3.8, 4) is 11.8 Å². The second kappa shape index (κ2) is 9.19. The van der Waals surface area contributed by atoms with Crippen LogP contribution >= 0.6 is 0 Å². The molecule has 0 atom stereocenters. The zero-order chi connectivity index (χ0) is 21.6. The highest BCUT2D eigenvalue weighted by Crippen LogP contribution is 2.32. The first-order valence-corrected chi connectivity index (χ1v) is 9.69. The lowest BCUT2D eigenvalue weighted by molar-refractivity contribution is 0.627. The van der Waals surface area contributed by atoms with Crippen molar-refractivity contribution >= 4 is 11.1 Å². The molecule has 0 radical (unpaired) electrons. The van der Waals surface area contributed by atoms with Crippen LogP contribution in [0.2, 0.25) is 0 Å². The van der Waals surface area contributed by atoms with Gasteiger partial charge in [0.2, 0.25) is 0 Å². The van der Waals surface area contributed by atoms with Crippen molar-refractivity contribution in [2.75, 3.05) is 0 Å². The smallest absolute Gasteiger partial charge is 0.123 e. The molecule has 0 N–H and O–H groups in total. The van der Waals surface area contributed by atoms with Gasteiger partial charge in [0, 0.05) is 16.7 Å². The minimum absolute atomic E-state index is 0.357. The summed E-state index contributed by atoms with van der Waals surface area (Å²) in [5, 5.41) is 0. The van der Waals surface area contributed by atoms with Gasteiger partial charge in [-0.25, -0.2) is 13.2 Å². The van der Waals surface area contributed by atoms with Crippen LogP contribution in [0, 0.1) is 29.3 Å². The topological polar surface area (TPSA) is 0 Å². The van der Waals surface area contributed by atoms with Crippen molar-refractivity contribution in [2.45, 2.75) is 0 Å². The molecule has 0 saturated carbocycles. The predicted molar refractivity (Wildman–Crippen MR) is 118 cm³/mol. The average molecular weight is 410 g/mol. The lowest BCUT2D eigenvalue weighted by Gasteiger charge is -2.14. The minimum Gasteiger partial charge on any atom is -0.207 e.